The fraction of sp³-hybridized carbons (Fsp3) is 0.375. The van der Waals surface area contributed by atoms with Gasteiger partial charge in [0.05, 0.1) is 16.1 Å². The predicted molar refractivity (Wildman–Crippen MR) is 86.6 cm³/mol. The van der Waals surface area contributed by atoms with E-state index in [1.165, 1.54) is 0 Å². The lowest BCUT2D eigenvalue weighted by molar-refractivity contribution is 0.0943. The maximum Gasteiger partial charge on any atom is 0.253 e. The molecular formula is C16H20ClN3O. The van der Waals surface area contributed by atoms with Gasteiger partial charge in [0.1, 0.15) is 0 Å². The maximum absolute atomic E-state index is 12.4. The minimum atomic E-state index is -0.370. The minimum absolute atomic E-state index is 0.174. The highest BCUT2D eigenvalue weighted by atomic mass is 35.5. The van der Waals surface area contributed by atoms with Crippen LogP contribution in [-0.2, 0) is 0 Å². The molecule has 0 aliphatic carbocycles. The smallest absolute Gasteiger partial charge is 0.253 e. The van der Waals surface area contributed by atoms with Gasteiger partial charge in [-0.3, -0.25) is 9.78 Å². The summed E-state index contributed by atoms with van der Waals surface area (Å²) in [5, 5.41) is 4.27. The van der Waals surface area contributed by atoms with E-state index in [0.29, 0.717) is 22.6 Å². The number of benzene rings is 1. The molecule has 2 aromatic rings. The van der Waals surface area contributed by atoms with Crippen molar-refractivity contribution in [2.75, 3.05) is 6.54 Å². The quantitative estimate of drug-likeness (QED) is 0.891. The number of nitrogens with zero attached hydrogens (tertiary/aromatic N) is 1. The van der Waals surface area contributed by atoms with Crippen molar-refractivity contribution in [2.45, 2.75) is 32.2 Å². The number of nitrogens with two attached hydrogens (primary N) is 1. The number of fused-ring (bicyclic) bond motifs is 1. The van der Waals surface area contributed by atoms with Gasteiger partial charge in [-0.05, 0) is 37.1 Å². The van der Waals surface area contributed by atoms with E-state index >= 15 is 0 Å². The average Bonchev–Trinajstić information content (AvgIpc) is 2.53. The first-order valence-corrected chi connectivity index (χ1v) is 7.49. The summed E-state index contributed by atoms with van der Waals surface area (Å²) in [6.45, 7) is 4.49. The van der Waals surface area contributed by atoms with E-state index in [4.69, 9.17) is 17.3 Å². The number of hydrogen-bond donors (Lipinski definition) is 2. The summed E-state index contributed by atoms with van der Waals surface area (Å²) in [7, 11) is 0. The maximum atomic E-state index is 12.4. The van der Waals surface area contributed by atoms with Crippen LogP contribution in [0.15, 0.2) is 30.5 Å². The molecule has 1 aromatic carbocycles. The van der Waals surface area contributed by atoms with Gasteiger partial charge >= 0.3 is 0 Å². The number of hydrogen-bond acceptors (Lipinski definition) is 3. The molecular weight excluding hydrogens is 286 g/mol. The van der Waals surface area contributed by atoms with E-state index in [-0.39, 0.29) is 11.4 Å². The molecule has 0 unspecified atom stereocenters. The number of halogens is 1. The molecule has 1 aromatic heterocycles. The third kappa shape index (κ3) is 3.34. The molecule has 0 radical (unpaired) electrons. The van der Waals surface area contributed by atoms with Gasteiger partial charge in [0.15, 0.2) is 0 Å². The van der Waals surface area contributed by atoms with Gasteiger partial charge in [0, 0.05) is 23.7 Å². The van der Waals surface area contributed by atoms with E-state index in [2.05, 4.69) is 10.3 Å². The zero-order chi connectivity index (χ0) is 15.5. The van der Waals surface area contributed by atoms with Crippen LogP contribution in [0.4, 0.5) is 0 Å². The Labute approximate surface area is 129 Å². The largest absolute Gasteiger partial charge is 0.350 e. The van der Waals surface area contributed by atoms with Crippen LogP contribution in [0, 0.1) is 0 Å². The summed E-state index contributed by atoms with van der Waals surface area (Å²) in [5.41, 5.74) is 6.97. The van der Waals surface area contributed by atoms with Gasteiger partial charge in [0.2, 0.25) is 0 Å². The van der Waals surface area contributed by atoms with Crippen molar-refractivity contribution in [1.82, 2.24) is 10.3 Å². The van der Waals surface area contributed by atoms with E-state index < -0.39 is 0 Å². The van der Waals surface area contributed by atoms with Crippen molar-refractivity contribution in [3.8, 4) is 0 Å². The van der Waals surface area contributed by atoms with E-state index in [1.54, 1.807) is 24.4 Å². The van der Waals surface area contributed by atoms with Gasteiger partial charge in [-0.15, -0.1) is 0 Å². The summed E-state index contributed by atoms with van der Waals surface area (Å²) in [4.78, 5) is 16.7. The summed E-state index contributed by atoms with van der Waals surface area (Å²) in [6, 6.07) is 7.07. The number of aromatic nitrogens is 1. The second kappa shape index (κ2) is 6.41. The Kier molecular flexibility index (Phi) is 4.80. The molecule has 1 amide bonds. The SMILES string of the molecule is CCC(N)(CC)CNC(=O)c1ccc(Cl)c2cccnc12. The van der Waals surface area contributed by atoms with Gasteiger partial charge < -0.3 is 11.1 Å². The third-order valence-electron chi connectivity index (χ3n) is 3.97. The molecule has 0 atom stereocenters. The van der Waals surface area contributed by atoms with Crippen molar-refractivity contribution in [2.24, 2.45) is 5.73 Å². The number of pyridine rings is 1. The summed E-state index contributed by atoms with van der Waals surface area (Å²) in [6.07, 6.45) is 3.27. The molecule has 0 bridgehead atoms. The highest BCUT2D eigenvalue weighted by Gasteiger charge is 2.22. The second-order valence-corrected chi connectivity index (χ2v) is 5.65. The average molecular weight is 306 g/mol. The van der Waals surface area contributed by atoms with Crippen molar-refractivity contribution in [3.05, 3.63) is 41.0 Å². The third-order valence-corrected chi connectivity index (χ3v) is 4.30. The van der Waals surface area contributed by atoms with Crippen LogP contribution in [-0.4, -0.2) is 23.0 Å². The highest BCUT2D eigenvalue weighted by molar-refractivity contribution is 6.36. The number of carbonyl (C=O) groups excluding carboxylic acids is 1. The Hall–Kier alpha value is -1.65. The van der Waals surface area contributed by atoms with Crippen molar-refractivity contribution in [3.63, 3.8) is 0 Å². The van der Waals surface area contributed by atoms with Crippen LogP contribution < -0.4 is 11.1 Å². The molecule has 5 heteroatoms. The molecule has 1 heterocycles. The van der Waals surface area contributed by atoms with Crippen LogP contribution in [0.3, 0.4) is 0 Å². The van der Waals surface area contributed by atoms with Crippen LogP contribution >= 0.6 is 11.6 Å². The van der Waals surface area contributed by atoms with Crippen LogP contribution in [0.25, 0.3) is 10.9 Å². The van der Waals surface area contributed by atoms with E-state index in [1.807, 2.05) is 19.9 Å². The van der Waals surface area contributed by atoms with E-state index in [9.17, 15) is 4.79 Å². The summed E-state index contributed by atoms with van der Waals surface area (Å²) < 4.78 is 0. The van der Waals surface area contributed by atoms with Gasteiger partial charge in [-0.25, -0.2) is 0 Å². The number of amides is 1. The molecule has 2 rings (SSSR count). The molecule has 112 valence electrons. The Morgan fingerprint density at radius 2 is 2.05 bits per heavy atom. The first-order chi connectivity index (χ1) is 10.0. The summed E-state index contributed by atoms with van der Waals surface area (Å²) >= 11 is 6.14. The number of carbonyl (C=O) groups is 1. The summed E-state index contributed by atoms with van der Waals surface area (Å²) in [5.74, 6) is -0.174. The monoisotopic (exact) mass is 305 g/mol. The van der Waals surface area contributed by atoms with Crippen molar-refractivity contribution >= 4 is 28.4 Å². The molecule has 3 N–H and O–H groups in total. The lowest BCUT2D eigenvalue weighted by Crippen LogP contribution is -2.49. The van der Waals surface area contributed by atoms with E-state index in [0.717, 1.165) is 18.2 Å². The molecule has 0 spiro atoms. The Balaban J connectivity index is 2.27. The first kappa shape index (κ1) is 15.7. The fourth-order valence-electron chi connectivity index (χ4n) is 2.17. The zero-order valence-corrected chi connectivity index (χ0v) is 13.1. The minimum Gasteiger partial charge on any atom is -0.350 e. The normalized spacial score (nSPS) is 11.6. The second-order valence-electron chi connectivity index (χ2n) is 5.25. The Morgan fingerprint density at radius 1 is 1.33 bits per heavy atom. The number of rotatable bonds is 5. The highest BCUT2D eigenvalue weighted by Crippen LogP contribution is 2.24. The van der Waals surface area contributed by atoms with Crippen LogP contribution in [0.1, 0.15) is 37.0 Å². The lowest BCUT2D eigenvalue weighted by Gasteiger charge is -2.26. The topological polar surface area (TPSA) is 68.0 Å². The van der Waals surface area contributed by atoms with Crippen molar-refractivity contribution in [1.29, 1.82) is 0 Å². The molecule has 0 fully saturated rings. The molecule has 0 saturated heterocycles. The van der Waals surface area contributed by atoms with Gasteiger partial charge in [-0.2, -0.15) is 0 Å². The standard InChI is InChI=1S/C16H20ClN3O/c1-3-16(18,4-2)10-20-15(21)12-7-8-13(17)11-6-5-9-19-14(11)12/h5-9H,3-4,10,18H2,1-2H3,(H,20,21). The number of nitrogens with one attached hydrogen (secondary N) is 1. The zero-order valence-electron chi connectivity index (χ0n) is 12.3. The van der Waals surface area contributed by atoms with Crippen molar-refractivity contribution < 1.29 is 4.79 Å². The Morgan fingerprint density at radius 3 is 2.71 bits per heavy atom. The molecule has 21 heavy (non-hydrogen) atoms. The lowest BCUT2D eigenvalue weighted by atomic mass is 9.94. The molecule has 0 saturated carbocycles. The Bertz CT molecular complexity index is 653. The first-order valence-electron chi connectivity index (χ1n) is 7.11. The molecule has 0 aliphatic heterocycles. The van der Waals surface area contributed by atoms with Gasteiger partial charge in [-0.1, -0.05) is 25.4 Å². The van der Waals surface area contributed by atoms with Crippen LogP contribution in [0.2, 0.25) is 5.02 Å². The molecule has 0 aliphatic rings. The fourth-order valence-corrected chi connectivity index (χ4v) is 2.39. The molecule has 4 nitrogen and oxygen atoms in total. The predicted octanol–water partition coefficient (Wildman–Crippen LogP) is 3.14. The van der Waals surface area contributed by atoms with Crippen LogP contribution in [0.5, 0.6) is 0 Å². The van der Waals surface area contributed by atoms with Gasteiger partial charge in [0.25, 0.3) is 5.91 Å².